The fraction of sp³-hybridized carbons (Fsp3) is 0.458. The van der Waals surface area contributed by atoms with Gasteiger partial charge in [0, 0.05) is 13.1 Å². The van der Waals surface area contributed by atoms with Gasteiger partial charge in [-0.3, -0.25) is 8.75 Å². The van der Waals surface area contributed by atoms with Gasteiger partial charge in [0.1, 0.15) is 6.10 Å². The minimum absolute atomic E-state index is 0.132. The van der Waals surface area contributed by atoms with Crippen LogP contribution in [-0.2, 0) is 13.0 Å². The van der Waals surface area contributed by atoms with E-state index in [1.807, 2.05) is 54.2 Å². The molecule has 5 nitrogen and oxygen atoms in total. The van der Waals surface area contributed by atoms with Gasteiger partial charge < -0.3 is 14.8 Å². The molecule has 4 rings (SSSR count). The molecule has 0 unspecified atom stereocenters. The fourth-order valence-corrected chi connectivity index (χ4v) is 4.89. The summed E-state index contributed by atoms with van der Waals surface area (Å²) >= 11 is 1.56. The molecule has 1 aliphatic heterocycles. The highest BCUT2D eigenvalue weighted by Gasteiger charge is 2.23. The van der Waals surface area contributed by atoms with Gasteiger partial charge in [-0.05, 0) is 69.8 Å². The Morgan fingerprint density at radius 3 is 2.90 bits per heavy atom. The third kappa shape index (κ3) is 4.87. The van der Waals surface area contributed by atoms with Crippen LogP contribution in [0.3, 0.4) is 0 Å². The van der Waals surface area contributed by atoms with Crippen LogP contribution in [0.25, 0.3) is 10.1 Å². The van der Waals surface area contributed by atoms with Gasteiger partial charge >= 0.3 is 0 Å². The first-order valence-electron chi connectivity index (χ1n) is 10.9. The fourth-order valence-electron chi connectivity index (χ4n) is 3.86. The molecule has 2 aromatic carbocycles. The van der Waals surface area contributed by atoms with Gasteiger partial charge in [0.15, 0.2) is 11.5 Å². The van der Waals surface area contributed by atoms with Crippen molar-refractivity contribution in [2.24, 2.45) is 0 Å². The zero-order valence-electron chi connectivity index (χ0n) is 17.7. The molecule has 30 heavy (non-hydrogen) atoms. The zero-order chi connectivity index (χ0) is 20.9. The number of benzene rings is 2. The molecule has 1 aliphatic rings. The molecule has 0 amide bonds. The second-order valence-corrected chi connectivity index (χ2v) is 9.16. The van der Waals surface area contributed by atoms with Crippen molar-refractivity contribution in [2.45, 2.75) is 58.3 Å². The van der Waals surface area contributed by atoms with E-state index in [2.05, 4.69) is 11.4 Å². The van der Waals surface area contributed by atoms with Crippen LogP contribution in [0, 0.1) is 0 Å². The predicted octanol–water partition coefficient (Wildman–Crippen LogP) is 4.61. The summed E-state index contributed by atoms with van der Waals surface area (Å²) in [5.41, 5.74) is 1.37. The molecule has 3 aromatic rings. The number of aryl methyl sites for hydroxylation is 2. The summed E-state index contributed by atoms with van der Waals surface area (Å²) in [5.74, 6) is 1.76. The number of rotatable bonds is 9. The average molecular weight is 427 g/mol. The molecule has 0 saturated carbocycles. The minimum Gasteiger partial charge on any atom is -0.487 e. The summed E-state index contributed by atoms with van der Waals surface area (Å²) in [5, 5.41) is 4.35. The molecular weight excluding hydrogens is 396 g/mol. The molecule has 1 atom stereocenters. The van der Waals surface area contributed by atoms with E-state index in [4.69, 9.17) is 9.47 Å². The molecule has 1 aromatic heterocycles. The zero-order valence-corrected chi connectivity index (χ0v) is 18.5. The van der Waals surface area contributed by atoms with Crippen LogP contribution in [0.15, 0.2) is 47.3 Å². The number of nitrogens with zero attached hydrogens (tertiary/aromatic N) is 1. The van der Waals surface area contributed by atoms with Gasteiger partial charge in [0.25, 0.3) is 5.56 Å². The maximum Gasteiger partial charge on any atom is 0.268 e. The van der Waals surface area contributed by atoms with Crippen molar-refractivity contribution in [3.63, 3.8) is 0 Å². The van der Waals surface area contributed by atoms with E-state index in [0.717, 1.165) is 66.9 Å². The molecule has 0 aliphatic carbocycles. The number of para-hydroxylation sites is 1. The standard InChI is InChI=1S/C24H30N2O3S/c1-17(2)28-21-10-7-8-18-12-13-19(29-23(18)21)16-25-14-5-6-15-26-24(27)20-9-3-4-11-22(20)30-26/h3-4,7-11,17,19,25H,5-6,12-16H2,1-2H3/t19-/m1/s1. The normalized spacial score (nSPS) is 15.9. The van der Waals surface area contributed by atoms with Crippen LogP contribution in [0.5, 0.6) is 11.5 Å². The second kappa shape index (κ2) is 9.67. The highest BCUT2D eigenvalue weighted by atomic mass is 32.1. The van der Waals surface area contributed by atoms with Gasteiger partial charge in [-0.1, -0.05) is 35.8 Å². The van der Waals surface area contributed by atoms with Gasteiger partial charge in [0.05, 0.1) is 16.2 Å². The van der Waals surface area contributed by atoms with Gasteiger partial charge in [-0.2, -0.15) is 0 Å². The highest BCUT2D eigenvalue weighted by Crippen LogP contribution is 2.37. The number of fused-ring (bicyclic) bond motifs is 2. The third-order valence-corrected chi connectivity index (χ3v) is 6.45. The Balaban J connectivity index is 1.21. The van der Waals surface area contributed by atoms with E-state index in [1.165, 1.54) is 5.56 Å². The summed E-state index contributed by atoms with van der Waals surface area (Å²) in [6.45, 7) is 6.61. The number of hydrogen-bond acceptors (Lipinski definition) is 5. The summed E-state index contributed by atoms with van der Waals surface area (Å²) in [6.07, 6.45) is 4.35. The molecule has 0 radical (unpaired) electrons. The Morgan fingerprint density at radius 1 is 1.20 bits per heavy atom. The van der Waals surface area contributed by atoms with Gasteiger partial charge in [-0.15, -0.1) is 0 Å². The Kier molecular flexibility index (Phi) is 6.75. The average Bonchev–Trinajstić information content (AvgIpc) is 3.06. The van der Waals surface area contributed by atoms with E-state index >= 15 is 0 Å². The van der Waals surface area contributed by atoms with Crippen molar-refractivity contribution >= 4 is 21.6 Å². The monoisotopic (exact) mass is 426 g/mol. The second-order valence-electron chi connectivity index (χ2n) is 8.10. The first-order valence-corrected chi connectivity index (χ1v) is 11.6. The van der Waals surface area contributed by atoms with Crippen molar-refractivity contribution in [3.05, 3.63) is 58.4 Å². The minimum atomic E-state index is 0.132. The van der Waals surface area contributed by atoms with E-state index in [9.17, 15) is 4.79 Å². The SMILES string of the molecule is CC(C)Oc1cccc2c1O[C@@H](CNCCCCn1sc3ccccc3c1=O)CC2. The van der Waals surface area contributed by atoms with Crippen LogP contribution < -0.4 is 20.3 Å². The number of hydrogen-bond donors (Lipinski definition) is 1. The molecule has 1 N–H and O–H groups in total. The molecular formula is C24H30N2O3S. The van der Waals surface area contributed by atoms with E-state index < -0.39 is 0 Å². The van der Waals surface area contributed by atoms with Crippen molar-refractivity contribution in [1.82, 2.24) is 9.27 Å². The van der Waals surface area contributed by atoms with Gasteiger partial charge in [0.2, 0.25) is 0 Å². The lowest BCUT2D eigenvalue weighted by Gasteiger charge is -2.28. The number of ether oxygens (including phenoxy) is 2. The lowest BCUT2D eigenvalue weighted by atomic mass is 10.0. The first-order chi connectivity index (χ1) is 14.6. The van der Waals surface area contributed by atoms with Crippen LogP contribution in [0.2, 0.25) is 0 Å². The van der Waals surface area contributed by atoms with Gasteiger partial charge in [-0.25, -0.2) is 0 Å². The molecule has 0 saturated heterocycles. The summed E-state index contributed by atoms with van der Waals surface area (Å²) < 4.78 is 15.1. The van der Waals surface area contributed by atoms with Crippen molar-refractivity contribution < 1.29 is 9.47 Å². The van der Waals surface area contributed by atoms with Crippen LogP contribution in [0.4, 0.5) is 0 Å². The molecule has 2 heterocycles. The summed E-state index contributed by atoms with van der Waals surface area (Å²) in [6, 6.07) is 14.0. The van der Waals surface area contributed by atoms with Crippen molar-refractivity contribution in [1.29, 1.82) is 0 Å². The lowest BCUT2D eigenvalue weighted by Crippen LogP contribution is -2.35. The lowest BCUT2D eigenvalue weighted by molar-refractivity contribution is 0.152. The molecule has 0 bridgehead atoms. The quantitative estimate of drug-likeness (QED) is 0.508. The molecule has 160 valence electrons. The Bertz CT molecular complexity index is 1040. The predicted molar refractivity (Wildman–Crippen MR) is 123 cm³/mol. The Hall–Kier alpha value is -2.31. The number of aromatic nitrogens is 1. The van der Waals surface area contributed by atoms with Crippen LogP contribution in [-0.4, -0.2) is 29.3 Å². The molecule has 0 fully saturated rings. The molecule has 6 heteroatoms. The van der Waals surface area contributed by atoms with E-state index in [-0.39, 0.29) is 17.8 Å². The smallest absolute Gasteiger partial charge is 0.268 e. The van der Waals surface area contributed by atoms with Crippen molar-refractivity contribution in [3.8, 4) is 11.5 Å². The Labute approximate surface area is 181 Å². The maximum absolute atomic E-state index is 12.4. The largest absolute Gasteiger partial charge is 0.487 e. The summed E-state index contributed by atoms with van der Waals surface area (Å²) in [7, 11) is 0. The number of nitrogens with one attached hydrogen (secondary N) is 1. The summed E-state index contributed by atoms with van der Waals surface area (Å²) in [4.78, 5) is 12.4. The maximum atomic E-state index is 12.4. The Morgan fingerprint density at radius 2 is 2.07 bits per heavy atom. The van der Waals surface area contributed by atoms with Crippen molar-refractivity contribution in [2.75, 3.05) is 13.1 Å². The molecule has 0 spiro atoms. The first kappa shape index (κ1) is 20.9. The number of unbranched alkanes of at least 4 members (excludes halogenated alkanes) is 1. The van der Waals surface area contributed by atoms with E-state index in [1.54, 1.807) is 11.5 Å². The third-order valence-electron chi connectivity index (χ3n) is 5.33. The van der Waals surface area contributed by atoms with Crippen LogP contribution in [0.1, 0.15) is 38.7 Å². The van der Waals surface area contributed by atoms with Crippen LogP contribution >= 0.6 is 11.5 Å². The highest BCUT2D eigenvalue weighted by molar-refractivity contribution is 7.13. The topological polar surface area (TPSA) is 52.5 Å². The van der Waals surface area contributed by atoms with E-state index in [0.29, 0.717) is 0 Å².